The standard InChI is InChI=1S/C16H16N4/c1-12-14(9-16(10-18)20(12)2)11-19-15-5-3-13(4-6-15)7-8-17/h3-6,9,19H,7,11H2,1-2H3. The fourth-order valence-corrected chi connectivity index (χ4v) is 2.08. The minimum Gasteiger partial charge on any atom is -0.381 e. The highest BCUT2D eigenvalue weighted by Gasteiger charge is 2.08. The van der Waals surface area contributed by atoms with Crippen molar-refractivity contribution in [2.75, 3.05) is 5.32 Å². The second-order valence-electron chi connectivity index (χ2n) is 4.70. The Kier molecular flexibility index (Phi) is 4.08. The highest BCUT2D eigenvalue weighted by Crippen LogP contribution is 2.16. The van der Waals surface area contributed by atoms with Gasteiger partial charge in [-0.15, -0.1) is 0 Å². The summed E-state index contributed by atoms with van der Waals surface area (Å²) in [4.78, 5) is 0. The molecule has 0 fully saturated rings. The van der Waals surface area contributed by atoms with Crippen molar-refractivity contribution in [1.82, 2.24) is 4.57 Å². The molecule has 4 nitrogen and oxygen atoms in total. The normalized spacial score (nSPS) is 9.80. The van der Waals surface area contributed by atoms with E-state index in [1.54, 1.807) is 0 Å². The molecule has 0 aliphatic carbocycles. The Balaban J connectivity index is 2.06. The molecule has 0 atom stereocenters. The molecule has 0 unspecified atom stereocenters. The van der Waals surface area contributed by atoms with E-state index >= 15 is 0 Å². The molecule has 0 saturated carbocycles. The van der Waals surface area contributed by atoms with Crippen molar-refractivity contribution in [2.24, 2.45) is 7.05 Å². The monoisotopic (exact) mass is 264 g/mol. The zero-order chi connectivity index (χ0) is 14.5. The van der Waals surface area contributed by atoms with Crippen molar-refractivity contribution in [3.05, 3.63) is 52.8 Å². The fraction of sp³-hybridized carbons (Fsp3) is 0.250. The van der Waals surface area contributed by atoms with Gasteiger partial charge in [0.2, 0.25) is 0 Å². The van der Waals surface area contributed by atoms with Gasteiger partial charge in [0.05, 0.1) is 12.5 Å². The predicted molar refractivity (Wildman–Crippen MR) is 78.0 cm³/mol. The number of nitrogens with one attached hydrogen (secondary N) is 1. The minimum absolute atomic E-state index is 0.434. The van der Waals surface area contributed by atoms with Crippen LogP contribution in [-0.2, 0) is 20.0 Å². The first-order valence-corrected chi connectivity index (χ1v) is 6.40. The average Bonchev–Trinajstić information content (AvgIpc) is 2.74. The molecule has 0 radical (unpaired) electrons. The lowest BCUT2D eigenvalue weighted by molar-refractivity contribution is 0.856. The van der Waals surface area contributed by atoms with E-state index < -0.39 is 0 Å². The highest BCUT2D eigenvalue weighted by molar-refractivity contribution is 5.46. The summed E-state index contributed by atoms with van der Waals surface area (Å²) in [6.45, 7) is 2.69. The van der Waals surface area contributed by atoms with Gasteiger partial charge >= 0.3 is 0 Å². The quantitative estimate of drug-likeness (QED) is 0.923. The van der Waals surface area contributed by atoms with Crippen LogP contribution in [0, 0.1) is 29.6 Å². The Hall–Kier alpha value is -2.72. The fourth-order valence-electron chi connectivity index (χ4n) is 2.08. The molecule has 1 heterocycles. The maximum absolute atomic E-state index is 9.00. The first-order chi connectivity index (χ1) is 9.65. The number of nitriles is 2. The van der Waals surface area contributed by atoms with Crippen molar-refractivity contribution < 1.29 is 0 Å². The van der Waals surface area contributed by atoms with E-state index in [1.807, 2.05) is 48.9 Å². The van der Waals surface area contributed by atoms with Crippen LogP contribution in [0.2, 0.25) is 0 Å². The lowest BCUT2D eigenvalue weighted by Crippen LogP contribution is -2.01. The van der Waals surface area contributed by atoms with Gasteiger partial charge in [0.25, 0.3) is 0 Å². The molecule has 2 aromatic rings. The molecular weight excluding hydrogens is 248 g/mol. The van der Waals surface area contributed by atoms with E-state index in [9.17, 15) is 0 Å². The number of benzene rings is 1. The van der Waals surface area contributed by atoms with E-state index in [4.69, 9.17) is 10.5 Å². The van der Waals surface area contributed by atoms with Gasteiger partial charge in [0.1, 0.15) is 11.8 Å². The van der Waals surface area contributed by atoms with Crippen LogP contribution in [0.25, 0.3) is 0 Å². The summed E-state index contributed by atoms with van der Waals surface area (Å²) >= 11 is 0. The summed E-state index contributed by atoms with van der Waals surface area (Å²) in [7, 11) is 1.90. The van der Waals surface area contributed by atoms with Gasteiger partial charge in [0.15, 0.2) is 0 Å². The molecule has 1 N–H and O–H groups in total. The molecule has 4 heteroatoms. The van der Waals surface area contributed by atoms with Crippen LogP contribution in [0.5, 0.6) is 0 Å². The highest BCUT2D eigenvalue weighted by atomic mass is 15.0. The number of nitrogens with zero attached hydrogens (tertiary/aromatic N) is 3. The van der Waals surface area contributed by atoms with Crippen LogP contribution in [0.3, 0.4) is 0 Å². The van der Waals surface area contributed by atoms with Gasteiger partial charge in [-0.05, 0) is 36.2 Å². The lowest BCUT2D eigenvalue weighted by Gasteiger charge is -2.07. The second-order valence-corrected chi connectivity index (χ2v) is 4.70. The maximum atomic E-state index is 9.00. The molecule has 20 heavy (non-hydrogen) atoms. The molecule has 0 amide bonds. The van der Waals surface area contributed by atoms with Crippen LogP contribution in [-0.4, -0.2) is 4.57 Å². The van der Waals surface area contributed by atoms with Crippen LogP contribution >= 0.6 is 0 Å². The SMILES string of the molecule is Cc1c(CNc2ccc(CC#N)cc2)cc(C#N)n1C. The lowest BCUT2D eigenvalue weighted by atomic mass is 10.1. The molecule has 2 rings (SSSR count). The van der Waals surface area contributed by atoms with E-state index in [1.165, 1.54) is 0 Å². The van der Waals surface area contributed by atoms with Crippen LogP contribution in [0.15, 0.2) is 30.3 Å². The number of rotatable bonds is 4. The Morgan fingerprint density at radius 2 is 1.90 bits per heavy atom. The third-order valence-electron chi connectivity index (χ3n) is 3.47. The van der Waals surface area contributed by atoms with E-state index in [-0.39, 0.29) is 0 Å². The van der Waals surface area contributed by atoms with Crippen LogP contribution in [0.4, 0.5) is 5.69 Å². The largest absolute Gasteiger partial charge is 0.381 e. The number of hydrogen-bond acceptors (Lipinski definition) is 3. The second kappa shape index (κ2) is 5.95. The summed E-state index contributed by atoms with van der Waals surface area (Å²) in [5.74, 6) is 0. The van der Waals surface area contributed by atoms with Gasteiger partial charge in [0, 0.05) is 25.0 Å². The van der Waals surface area contributed by atoms with Crippen molar-refractivity contribution in [3.63, 3.8) is 0 Å². The van der Waals surface area contributed by atoms with Crippen molar-refractivity contribution in [2.45, 2.75) is 19.9 Å². The van der Waals surface area contributed by atoms with Gasteiger partial charge in [-0.1, -0.05) is 12.1 Å². The maximum Gasteiger partial charge on any atom is 0.120 e. The van der Waals surface area contributed by atoms with E-state index in [0.29, 0.717) is 18.7 Å². The van der Waals surface area contributed by atoms with Crippen molar-refractivity contribution in [1.29, 1.82) is 10.5 Å². The molecular formula is C16H16N4. The van der Waals surface area contributed by atoms with Gasteiger partial charge in [-0.2, -0.15) is 10.5 Å². The van der Waals surface area contributed by atoms with E-state index in [2.05, 4.69) is 17.5 Å². The third kappa shape index (κ3) is 2.81. The summed E-state index contributed by atoms with van der Waals surface area (Å²) < 4.78 is 1.90. The first kappa shape index (κ1) is 13.7. The van der Waals surface area contributed by atoms with Gasteiger partial charge in [-0.25, -0.2) is 0 Å². The summed E-state index contributed by atoms with van der Waals surface area (Å²) in [6, 6.07) is 14.1. The first-order valence-electron chi connectivity index (χ1n) is 6.40. The van der Waals surface area contributed by atoms with Crippen molar-refractivity contribution in [3.8, 4) is 12.1 Å². The molecule has 1 aromatic heterocycles. The predicted octanol–water partition coefficient (Wildman–Crippen LogP) is 2.88. The van der Waals surface area contributed by atoms with E-state index in [0.717, 1.165) is 22.5 Å². The minimum atomic E-state index is 0.434. The molecule has 0 bridgehead atoms. The number of aromatic nitrogens is 1. The smallest absolute Gasteiger partial charge is 0.120 e. The Labute approximate surface area is 118 Å². The Morgan fingerprint density at radius 3 is 2.45 bits per heavy atom. The van der Waals surface area contributed by atoms with Gasteiger partial charge < -0.3 is 9.88 Å². The molecule has 1 aromatic carbocycles. The molecule has 0 aliphatic rings. The zero-order valence-electron chi connectivity index (χ0n) is 11.6. The molecule has 0 aliphatic heterocycles. The van der Waals surface area contributed by atoms with Crippen LogP contribution in [0.1, 0.15) is 22.5 Å². The third-order valence-corrected chi connectivity index (χ3v) is 3.47. The summed E-state index contributed by atoms with van der Waals surface area (Å²) in [5.41, 5.74) is 4.90. The summed E-state index contributed by atoms with van der Waals surface area (Å²) in [5, 5.41) is 21.0. The van der Waals surface area contributed by atoms with Gasteiger partial charge in [-0.3, -0.25) is 0 Å². The molecule has 100 valence electrons. The topological polar surface area (TPSA) is 64.5 Å². The summed E-state index contributed by atoms with van der Waals surface area (Å²) in [6.07, 6.45) is 0.434. The number of anilines is 1. The Bertz CT molecular complexity index is 681. The molecule has 0 saturated heterocycles. The zero-order valence-corrected chi connectivity index (χ0v) is 11.6. The average molecular weight is 264 g/mol. The molecule has 0 spiro atoms. The van der Waals surface area contributed by atoms with Crippen LogP contribution < -0.4 is 5.32 Å². The number of hydrogen-bond donors (Lipinski definition) is 1. The Morgan fingerprint density at radius 1 is 1.20 bits per heavy atom. The van der Waals surface area contributed by atoms with Crippen molar-refractivity contribution >= 4 is 5.69 Å².